The summed E-state index contributed by atoms with van der Waals surface area (Å²) in [5.41, 5.74) is 4.70. The van der Waals surface area contributed by atoms with Gasteiger partial charge >= 0.3 is 5.82 Å². The van der Waals surface area contributed by atoms with Crippen molar-refractivity contribution in [3.63, 3.8) is 0 Å². The molecule has 1 aromatic carbocycles. The molecule has 1 aliphatic rings. The number of benzene rings is 1. The number of aromatic nitrogens is 1. The topological polar surface area (TPSA) is 34.7 Å². The zero-order chi connectivity index (χ0) is 17.2. The van der Waals surface area contributed by atoms with Gasteiger partial charge < -0.3 is 21.9 Å². The largest absolute Gasteiger partial charge is 1.00 e. The fraction of sp³-hybridized carbons (Fsp3) is 0.400. The Labute approximate surface area is 155 Å². The minimum absolute atomic E-state index is 0. The Balaban J connectivity index is 0.00000225. The normalized spacial score (nSPS) is 14.6. The number of rotatable bonds is 6. The molecule has 0 saturated heterocycles. The lowest BCUT2D eigenvalue weighted by Crippen LogP contribution is -3.00. The van der Waals surface area contributed by atoms with Crippen LogP contribution in [0.25, 0.3) is 11.1 Å². The molecule has 0 N–H and O–H groups in total. The van der Waals surface area contributed by atoms with Crippen molar-refractivity contribution in [3.05, 3.63) is 48.2 Å². The standard InChI is InChI=1S/C20H25N2O2.ClH/c1-15-20(2,3)18-12-17(16-8-6-5-7-9-16)13-22(19(18)21-15)14-24-11-10-23-4;/h5-9,12-13H,10-11,14H2,1-4H3;1H/q+1;/p-1. The highest BCUT2D eigenvalue weighted by molar-refractivity contribution is 5.98. The molecule has 0 saturated carbocycles. The maximum atomic E-state index is 5.75. The van der Waals surface area contributed by atoms with Gasteiger partial charge in [0.1, 0.15) is 11.9 Å². The van der Waals surface area contributed by atoms with Gasteiger partial charge in [-0.2, -0.15) is 0 Å². The summed E-state index contributed by atoms with van der Waals surface area (Å²) in [6.07, 6.45) is 2.12. The van der Waals surface area contributed by atoms with Gasteiger partial charge in [-0.25, -0.2) is 4.57 Å². The first-order chi connectivity index (χ1) is 11.5. The van der Waals surface area contributed by atoms with Gasteiger partial charge in [0, 0.05) is 12.7 Å². The van der Waals surface area contributed by atoms with Crippen molar-refractivity contribution >= 4 is 11.5 Å². The summed E-state index contributed by atoms with van der Waals surface area (Å²) in [7, 11) is 1.68. The highest BCUT2D eigenvalue weighted by Crippen LogP contribution is 2.39. The van der Waals surface area contributed by atoms with E-state index in [-0.39, 0.29) is 17.8 Å². The molecule has 0 unspecified atom stereocenters. The van der Waals surface area contributed by atoms with E-state index in [2.05, 4.69) is 61.9 Å². The maximum Gasteiger partial charge on any atom is 0.329 e. The Morgan fingerprint density at radius 1 is 1.08 bits per heavy atom. The number of hydrogen-bond acceptors (Lipinski definition) is 3. The number of aliphatic imine (C=N–C) groups is 1. The zero-order valence-electron chi connectivity index (χ0n) is 15.3. The molecule has 2 aromatic rings. The maximum absolute atomic E-state index is 5.75. The van der Waals surface area contributed by atoms with E-state index in [0.717, 1.165) is 11.5 Å². The molecule has 0 spiro atoms. The summed E-state index contributed by atoms with van der Waals surface area (Å²) >= 11 is 0. The average molecular weight is 361 g/mol. The molecule has 0 atom stereocenters. The predicted molar refractivity (Wildman–Crippen MR) is 95.7 cm³/mol. The van der Waals surface area contributed by atoms with Crippen LogP contribution < -0.4 is 17.0 Å². The highest BCUT2D eigenvalue weighted by atomic mass is 35.5. The first-order valence-electron chi connectivity index (χ1n) is 8.30. The number of pyridine rings is 1. The number of hydrogen-bond donors (Lipinski definition) is 0. The van der Waals surface area contributed by atoms with Crippen molar-refractivity contribution in [1.29, 1.82) is 0 Å². The van der Waals surface area contributed by atoms with Crippen LogP contribution in [-0.2, 0) is 21.6 Å². The summed E-state index contributed by atoms with van der Waals surface area (Å²) in [6, 6.07) is 12.7. The second-order valence-corrected chi connectivity index (χ2v) is 6.65. The lowest BCUT2D eigenvalue weighted by molar-refractivity contribution is -0.720. The van der Waals surface area contributed by atoms with Crippen LogP contribution in [0, 0.1) is 0 Å². The van der Waals surface area contributed by atoms with E-state index in [1.165, 1.54) is 16.7 Å². The van der Waals surface area contributed by atoms with Gasteiger partial charge in [0.05, 0.1) is 24.2 Å². The number of ether oxygens (including phenoxy) is 2. The first-order valence-corrected chi connectivity index (χ1v) is 8.30. The van der Waals surface area contributed by atoms with E-state index in [1.807, 2.05) is 6.07 Å². The Hall–Kier alpha value is -1.75. The Morgan fingerprint density at radius 3 is 2.48 bits per heavy atom. The van der Waals surface area contributed by atoms with E-state index in [0.29, 0.717) is 19.9 Å². The molecule has 0 bridgehead atoms. The summed E-state index contributed by atoms with van der Waals surface area (Å²) in [5.74, 6) is 0.995. The molecule has 5 heteroatoms. The van der Waals surface area contributed by atoms with Crippen molar-refractivity contribution in [2.24, 2.45) is 4.99 Å². The smallest absolute Gasteiger partial charge is 0.329 e. The van der Waals surface area contributed by atoms with Gasteiger partial charge in [0.15, 0.2) is 6.73 Å². The molecular formula is C20H25ClN2O2. The van der Waals surface area contributed by atoms with Gasteiger partial charge in [0.2, 0.25) is 0 Å². The molecule has 4 nitrogen and oxygen atoms in total. The van der Waals surface area contributed by atoms with Gasteiger partial charge in [-0.1, -0.05) is 30.3 Å². The number of fused-ring (bicyclic) bond motifs is 1. The quantitative estimate of drug-likeness (QED) is 0.560. The van der Waals surface area contributed by atoms with Crippen LogP contribution in [0.5, 0.6) is 0 Å². The molecule has 134 valence electrons. The molecule has 0 radical (unpaired) electrons. The first kappa shape index (κ1) is 19.6. The SMILES string of the molecule is COCCOC[n+]1cc(-c2ccccc2)cc2c1N=C(C)C2(C)C.[Cl-]. The molecule has 0 aliphatic carbocycles. The fourth-order valence-corrected chi connectivity index (χ4v) is 2.91. The summed E-state index contributed by atoms with van der Waals surface area (Å²) in [4.78, 5) is 4.81. The lowest BCUT2D eigenvalue weighted by Gasteiger charge is -2.17. The Kier molecular flexibility index (Phi) is 6.33. The van der Waals surface area contributed by atoms with Crippen molar-refractivity contribution in [2.45, 2.75) is 32.9 Å². The van der Waals surface area contributed by atoms with Crippen LogP contribution in [0.15, 0.2) is 47.6 Å². The molecule has 0 amide bonds. The number of halogens is 1. The van der Waals surface area contributed by atoms with E-state index in [4.69, 9.17) is 14.5 Å². The minimum atomic E-state index is -0.0611. The van der Waals surface area contributed by atoms with Crippen molar-refractivity contribution in [1.82, 2.24) is 0 Å². The van der Waals surface area contributed by atoms with Crippen LogP contribution in [0.2, 0.25) is 0 Å². The molecule has 0 fully saturated rings. The molecule has 2 heterocycles. The summed E-state index contributed by atoms with van der Waals surface area (Å²) in [5, 5.41) is 0. The molecule has 25 heavy (non-hydrogen) atoms. The van der Waals surface area contributed by atoms with Gasteiger partial charge in [-0.05, 0) is 37.4 Å². The summed E-state index contributed by atoms with van der Waals surface area (Å²) in [6.45, 7) is 8.18. The van der Waals surface area contributed by atoms with Crippen LogP contribution in [0.1, 0.15) is 26.3 Å². The number of methoxy groups -OCH3 is 1. The van der Waals surface area contributed by atoms with Crippen molar-refractivity contribution in [2.75, 3.05) is 20.3 Å². The molecule has 1 aromatic heterocycles. The fourth-order valence-electron chi connectivity index (χ4n) is 2.91. The van der Waals surface area contributed by atoms with Crippen LogP contribution in [0.3, 0.4) is 0 Å². The molecule has 3 rings (SSSR count). The van der Waals surface area contributed by atoms with E-state index in [9.17, 15) is 0 Å². The van der Waals surface area contributed by atoms with Gasteiger partial charge in [0.25, 0.3) is 0 Å². The van der Waals surface area contributed by atoms with Crippen LogP contribution in [-0.4, -0.2) is 26.0 Å². The van der Waals surface area contributed by atoms with Gasteiger partial charge in [-0.3, -0.25) is 0 Å². The third-order valence-corrected chi connectivity index (χ3v) is 4.73. The highest BCUT2D eigenvalue weighted by Gasteiger charge is 2.41. The zero-order valence-corrected chi connectivity index (χ0v) is 16.0. The Morgan fingerprint density at radius 2 is 1.80 bits per heavy atom. The van der Waals surface area contributed by atoms with E-state index in [1.54, 1.807) is 7.11 Å². The third-order valence-electron chi connectivity index (χ3n) is 4.73. The second kappa shape index (κ2) is 8.09. The Bertz CT molecular complexity index is 758. The predicted octanol–water partition coefficient (Wildman–Crippen LogP) is 0.649. The number of nitrogens with zero attached hydrogens (tertiary/aromatic N) is 2. The monoisotopic (exact) mass is 360 g/mol. The van der Waals surface area contributed by atoms with E-state index >= 15 is 0 Å². The molecular weight excluding hydrogens is 336 g/mol. The summed E-state index contributed by atoms with van der Waals surface area (Å²) < 4.78 is 12.9. The average Bonchev–Trinajstić information content (AvgIpc) is 2.82. The lowest BCUT2D eigenvalue weighted by atomic mass is 9.82. The van der Waals surface area contributed by atoms with E-state index < -0.39 is 0 Å². The molecule has 1 aliphatic heterocycles. The van der Waals surface area contributed by atoms with Crippen LogP contribution >= 0.6 is 0 Å². The van der Waals surface area contributed by atoms with Crippen molar-refractivity contribution in [3.8, 4) is 11.1 Å². The second-order valence-electron chi connectivity index (χ2n) is 6.65. The third kappa shape index (κ3) is 3.92. The van der Waals surface area contributed by atoms with Crippen molar-refractivity contribution < 1.29 is 26.4 Å². The minimum Gasteiger partial charge on any atom is -1.00 e. The van der Waals surface area contributed by atoms with Gasteiger partial charge in [-0.15, -0.1) is 0 Å². The van der Waals surface area contributed by atoms with Crippen LogP contribution in [0.4, 0.5) is 5.82 Å².